The highest BCUT2D eigenvalue weighted by molar-refractivity contribution is 6.00. The maximum Gasteiger partial charge on any atom is 0.305 e. The predicted octanol–water partition coefficient (Wildman–Crippen LogP) is 2.45. The molecule has 0 spiro atoms. The smallest absolute Gasteiger partial charge is 0.305 e. The van der Waals surface area contributed by atoms with E-state index < -0.39 is 5.91 Å². The minimum atomic E-state index is -0.506. The fraction of sp³-hybridized carbons (Fsp3) is 0.125. The molecule has 0 aliphatic carbocycles. The third-order valence-corrected chi connectivity index (χ3v) is 3.60. The van der Waals surface area contributed by atoms with E-state index in [4.69, 9.17) is 4.42 Å². The van der Waals surface area contributed by atoms with E-state index in [1.54, 1.807) is 18.2 Å². The van der Waals surface area contributed by atoms with E-state index in [2.05, 4.69) is 15.8 Å². The number of furan rings is 1. The molecule has 0 radical (unpaired) electrons. The summed E-state index contributed by atoms with van der Waals surface area (Å²) in [6.45, 7) is 3.98. The first-order valence-corrected chi connectivity index (χ1v) is 6.79. The number of nitrogens with one attached hydrogen (secondary N) is 3. The molecule has 1 aromatic carbocycles. The maximum atomic E-state index is 12.1. The van der Waals surface area contributed by atoms with Crippen LogP contribution in [0, 0.1) is 13.8 Å². The van der Waals surface area contributed by atoms with Crippen LogP contribution in [0.15, 0.2) is 41.0 Å². The summed E-state index contributed by atoms with van der Waals surface area (Å²) in [7, 11) is 0. The molecule has 22 heavy (non-hydrogen) atoms. The first-order valence-electron chi connectivity index (χ1n) is 6.79. The van der Waals surface area contributed by atoms with E-state index in [0.29, 0.717) is 5.56 Å². The molecule has 6 heteroatoms. The number of carbonyl (C=O) groups is 2. The van der Waals surface area contributed by atoms with Crippen LogP contribution in [-0.2, 0) is 0 Å². The molecule has 3 aromatic rings. The number of carbonyl (C=O) groups excluding carboxylic acids is 2. The van der Waals surface area contributed by atoms with Gasteiger partial charge in [0.1, 0.15) is 0 Å². The molecule has 0 aliphatic heterocycles. The highest BCUT2D eigenvalue weighted by atomic mass is 16.3. The minimum absolute atomic E-state index is 0.132. The van der Waals surface area contributed by atoms with Crippen molar-refractivity contribution in [3.8, 4) is 0 Å². The molecule has 0 unspecified atom stereocenters. The second-order valence-electron chi connectivity index (χ2n) is 5.02. The summed E-state index contributed by atoms with van der Waals surface area (Å²) in [6, 6.07) is 8.45. The van der Waals surface area contributed by atoms with E-state index in [-0.39, 0.29) is 11.7 Å². The molecule has 112 valence electrons. The summed E-state index contributed by atoms with van der Waals surface area (Å²) in [5, 5.41) is 0.988. The molecule has 0 fully saturated rings. The van der Waals surface area contributed by atoms with Gasteiger partial charge < -0.3 is 9.40 Å². The van der Waals surface area contributed by atoms with Crippen LogP contribution in [0.3, 0.4) is 0 Å². The molecule has 0 saturated heterocycles. The number of benzene rings is 1. The normalized spacial score (nSPS) is 10.6. The molecular formula is C16H15N3O3. The highest BCUT2D eigenvalue weighted by Gasteiger charge is 2.12. The number of hydrogen-bond donors (Lipinski definition) is 3. The van der Waals surface area contributed by atoms with Crippen molar-refractivity contribution in [2.24, 2.45) is 0 Å². The van der Waals surface area contributed by atoms with Gasteiger partial charge in [-0.2, -0.15) is 0 Å². The first-order chi connectivity index (χ1) is 10.6. The molecule has 3 N–H and O–H groups in total. The summed E-state index contributed by atoms with van der Waals surface area (Å²) in [6.07, 6.45) is 1.39. The number of aromatic nitrogens is 1. The maximum absolute atomic E-state index is 12.1. The van der Waals surface area contributed by atoms with Gasteiger partial charge in [-0.05, 0) is 49.7 Å². The van der Waals surface area contributed by atoms with Gasteiger partial charge in [-0.1, -0.05) is 0 Å². The van der Waals surface area contributed by atoms with Crippen LogP contribution < -0.4 is 10.9 Å². The molecule has 2 heterocycles. The number of aromatic amines is 1. The quantitative estimate of drug-likeness (QED) is 0.635. The van der Waals surface area contributed by atoms with Gasteiger partial charge in [-0.3, -0.25) is 20.4 Å². The molecule has 0 bridgehead atoms. The molecular weight excluding hydrogens is 282 g/mol. The van der Waals surface area contributed by atoms with Crippen molar-refractivity contribution < 1.29 is 14.0 Å². The summed E-state index contributed by atoms with van der Waals surface area (Å²) in [4.78, 5) is 27.0. The fourth-order valence-corrected chi connectivity index (χ4v) is 2.26. The zero-order chi connectivity index (χ0) is 15.7. The van der Waals surface area contributed by atoms with Gasteiger partial charge in [0.2, 0.25) is 0 Å². The van der Waals surface area contributed by atoms with E-state index in [1.165, 1.54) is 12.3 Å². The number of hydrogen-bond acceptors (Lipinski definition) is 3. The van der Waals surface area contributed by atoms with Gasteiger partial charge in [0.15, 0.2) is 5.76 Å². The van der Waals surface area contributed by atoms with E-state index in [1.807, 2.05) is 19.9 Å². The lowest BCUT2D eigenvalue weighted by atomic mass is 10.1. The average molecular weight is 297 g/mol. The van der Waals surface area contributed by atoms with Crippen LogP contribution in [0.4, 0.5) is 0 Å². The van der Waals surface area contributed by atoms with Crippen molar-refractivity contribution in [2.75, 3.05) is 0 Å². The van der Waals surface area contributed by atoms with E-state index in [0.717, 1.165) is 22.2 Å². The summed E-state index contributed by atoms with van der Waals surface area (Å²) >= 11 is 0. The van der Waals surface area contributed by atoms with Crippen molar-refractivity contribution in [3.63, 3.8) is 0 Å². The van der Waals surface area contributed by atoms with Crippen molar-refractivity contribution in [1.82, 2.24) is 15.8 Å². The van der Waals surface area contributed by atoms with Gasteiger partial charge in [0.25, 0.3) is 5.91 Å². The SMILES string of the molecule is Cc1[nH]c2ccc(C(=O)NNC(=O)c3ccco3)cc2c1C. The van der Waals surface area contributed by atoms with E-state index in [9.17, 15) is 9.59 Å². The number of amides is 2. The van der Waals surface area contributed by atoms with Crippen LogP contribution in [0.5, 0.6) is 0 Å². The number of hydrazine groups is 1. The van der Waals surface area contributed by atoms with Crippen molar-refractivity contribution in [3.05, 3.63) is 59.2 Å². The summed E-state index contributed by atoms with van der Waals surface area (Å²) in [5.74, 6) is -0.763. The zero-order valence-electron chi connectivity index (χ0n) is 12.2. The Morgan fingerprint density at radius 1 is 1.09 bits per heavy atom. The van der Waals surface area contributed by atoms with Crippen LogP contribution in [0.2, 0.25) is 0 Å². The third kappa shape index (κ3) is 2.46. The van der Waals surface area contributed by atoms with Crippen LogP contribution in [0.25, 0.3) is 10.9 Å². The molecule has 6 nitrogen and oxygen atoms in total. The van der Waals surface area contributed by atoms with Gasteiger partial charge in [0.05, 0.1) is 6.26 Å². The van der Waals surface area contributed by atoms with Gasteiger partial charge in [0, 0.05) is 22.2 Å². The number of fused-ring (bicyclic) bond motifs is 1. The lowest BCUT2D eigenvalue weighted by molar-refractivity contribution is 0.0831. The minimum Gasteiger partial charge on any atom is -0.459 e. The summed E-state index contributed by atoms with van der Waals surface area (Å²) in [5.41, 5.74) is 8.29. The third-order valence-electron chi connectivity index (χ3n) is 3.60. The predicted molar refractivity (Wildman–Crippen MR) is 81.4 cm³/mol. The van der Waals surface area contributed by atoms with Crippen LogP contribution in [0.1, 0.15) is 32.2 Å². The van der Waals surface area contributed by atoms with Crippen LogP contribution >= 0.6 is 0 Å². The van der Waals surface area contributed by atoms with Crippen LogP contribution in [-0.4, -0.2) is 16.8 Å². The Hall–Kier alpha value is -3.02. The number of rotatable bonds is 2. The Bertz CT molecular complexity index is 847. The fourth-order valence-electron chi connectivity index (χ4n) is 2.26. The summed E-state index contributed by atoms with van der Waals surface area (Å²) < 4.78 is 4.94. The molecule has 0 saturated carbocycles. The van der Waals surface area contributed by atoms with Gasteiger partial charge in [-0.15, -0.1) is 0 Å². The Balaban J connectivity index is 1.75. The second-order valence-corrected chi connectivity index (χ2v) is 5.02. The molecule has 3 rings (SSSR count). The largest absolute Gasteiger partial charge is 0.459 e. The second kappa shape index (κ2) is 5.40. The zero-order valence-corrected chi connectivity index (χ0v) is 12.2. The molecule has 0 atom stereocenters. The van der Waals surface area contributed by atoms with E-state index >= 15 is 0 Å². The average Bonchev–Trinajstić information content (AvgIpc) is 3.14. The molecule has 2 aromatic heterocycles. The lowest BCUT2D eigenvalue weighted by Gasteiger charge is -2.06. The Labute approximate surface area is 126 Å². The Morgan fingerprint density at radius 3 is 2.59 bits per heavy atom. The van der Waals surface area contributed by atoms with Crippen molar-refractivity contribution >= 4 is 22.7 Å². The van der Waals surface area contributed by atoms with Crippen molar-refractivity contribution in [2.45, 2.75) is 13.8 Å². The lowest BCUT2D eigenvalue weighted by Crippen LogP contribution is -2.41. The standard InChI is InChI=1S/C16H15N3O3/c1-9-10(2)17-13-6-5-11(8-12(9)13)15(20)18-19-16(21)14-4-3-7-22-14/h3-8,17H,1-2H3,(H,18,20)(H,19,21). The molecule has 2 amide bonds. The monoisotopic (exact) mass is 297 g/mol. The number of H-pyrrole nitrogens is 1. The molecule has 0 aliphatic rings. The van der Waals surface area contributed by atoms with Gasteiger partial charge in [-0.25, -0.2) is 0 Å². The Morgan fingerprint density at radius 2 is 1.86 bits per heavy atom. The van der Waals surface area contributed by atoms with Gasteiger partial charge >= 0.3 is 5.91 Å². The first kappa shape index (κ1) is 13.9. The highest BCUT2D eigenvalue weighted by Crippen LogP contribution is 2.22. The topological polar surface area (TPSA) is 87.1 Å². The Kier molecular flexibility index (Phi) is 3.42. The number of aryl methyl sites for hydroxylation is 2. The van der Waals surface area contributed by atoms with Crippen molar-refractivity contribution in [1.29, 1.82) is 0 Å².